The maximum Gasteiger partial charge on any atom is 0.142 e. The Kier molecular flexibility index (Phi) is 4.55. The molecule has 0 fully saturated rings. The summed E-state index contributed by atoms with van der Waals surface area (Å²) >= 11 is 1.04. The average molecular weight is 314 g/mol. The quantitative estimate of drug-likeness (QED) is 0.433. The van der Waals surface area contributed by atoms with Gasteiger partial charge in [0.15, 0.2) is 0 Å². The Labute approximate surface area is 132 Å². The van der Waals surface area contributed by atoms with Gasteiger partial charge in [-0.05, 0) is 24.6 Å². The third-order valence-corrected chi connectivity index (χ3v) is 3.83. The Hall–Kier alpha value is -2.12. The molecule has 0 saturated carbocycles. The summed E-state index contributed by atoms with van der Waals surface area (Å²) < 4.78 is 10.0. The fraction of sp³-hybridized carbons (Fsp3) is 0.0625. The molecule has 0 aliphatic carbocycles. The minimum absolute atomic E-state index is 0.779. The monoisotopic (exact) mass is 314 g/mol. The summed E-state index contributed by atoms with van der Waals surface area (Å²) in [5, 5.41) is 4.19. The first-order chi connectivity index (χ1) is 10.8. The van der Waals surface area contributed by atoms with Crippen molar-refractivity contribution in [3.8, 4) is 22.4 Å². The molecule has 0 amide bonds. The lowest BCUT2D eigenvalue weighted by molar-refractivity contribution is -0.195. The van der Waals surface area contributed by atoms with E-state index < -0.39 is 0 Å². The average Bonchev–Trinajstić information content (AvgIpc) is 2.96. The van der Waals surface area contributed by atoms with Crippen LogP contribution in [0.1, 0.15) is 5.76 Å². The first-order valence-corrected chi connectivity index (χ1v) is 7.36. The number of aromatic nitrogens is 1. The van der Waals surface area contributed by atoms with E-state index in [0.717, 1.165) is 45.1 Å². The normalized spacial score (nSPS) is 10.8. The van der Waals surface area contributed by atoms with Crippen molar-refractivity contribution >= 4 is 12.0 Å². The second-order valence-corrected chi connectivity index (χ2v) is 5.37. The van der Waals surface area contributed by atoms with Crippen molar-refractivity contribution in [1.29, 1.82) is 0 Å². The summed E-state index contributed by atoms with van der Waals surface area (Å²) in [6.07, 6.45) is 0. The largest absolute Gasteiger partial charge is 0.360 e. The highest BCUT2D eigenvalue weighted by Crippen LogP contribution is 2.35. The molecule has 0 aliphatic heterocycles. The number of rotatable bonds is 5. The van der Waals surface area contributed by atoms with E-state index in [1.807, 2.05) is 61.5 Å². The summed E-state index contributed by atoms with van der Waals surface area (Å²) in [7, 11) is 0. The van der Waals surface area contributed by atoms with Gasteiger partial charge in [0, 0.05) is 10.5 Å². The van der Waals surface area contributed by atoms with E-state index in [4.69, 9.17) is 10.4 Å². The summed E-state index contributed by atoms with van der Waals surface area (Å²) in [6, 6.07) is 17.7. The molecule has 0 bridgehead atoms. The van der Waals surface area contributed by atoms with Crippen molar-refractivity contribution in [3.63, 3.8) is 0 Å². The minimum Gasteiger partial charge on any atom is -0.360 e. The van der Waals surface area contributed by atoms with Crippen LogP contribution in [0.15, 0.2) is 64.0 Å². The zero-order chi connectivity index (χ0) is 15.4. The molecular formula is C16H14N2O3S. The summed E-state index contributed by atoms with van der Waals surface area (Å²) in [5.74, 6) is 5.60. The van der Waals surface area contributed by atoms with Gasteiger partial charge in [-0.15, -0.1) is 9.32 Å². The minimum atomic E-state index is 0.779. The van der Waals surface area contributed by atoms with Crippen molar-refractivity contribution in [3.05, 3.63) is 60.4 Å². The highest BCUT2D eigenvalue weighted by atomic mass is 32.2. The highest BCUT2D eigenvalue weighted by molar-refractivity contribution is 7.94. The molecule has 0 spiro atoms. The molecule has 6 heteroatoms. The molecule has 0 aliphatic rings. The number of hydrogen-bond acceptors (Lipinski definition) is 6. The number of aryl methyl sites for hydroxylation is 1. The van der Waals surface area contributed by atoms with Crippen LogP contribution in [-0.2, 0) is 9.32 Å². The van der Waals surface area contributed by atoms with Crippen molar-refractivity contribution < 1.29 is 13.8 Å². The Morgan fingerprint density at radius 2 is 1.73 bits per heavy atom. The zero-order valence-corrected chi connectivity index (χ0v) is 12.7. The van der Waals surface area contributed by atoms with Gasteiger partial charge in [-0.25, -0.2) is 0 Å². The Bertz CT molecular complexity index is 742. The fourth-order valence-electron chi connectivity index (χ4n) is 2.24. The molecule has 112 valence electrons. The van der Waals surface area contributed by atoms with Crippen molar-refractivity contribution in [2.75, 3.05) is 0 Å². The lowest BCUT2D eigenvalue weighted by Crippen LogP contribution is -1.93. The molecule has 5 nitrogen and oxygen atoms in total. The molecule has 22 heavy (non-hydrogen) atoms. The number of benzene rings is 2. The number of nitrogens with zero attached hydrogens (tertiary/aromatic N) is 1. The SMILES string of the molecule is Cc1onc(-c2ccccc2)c1-c1ccc(SOON)cc1. The predicted molar refractivity (Wildman–Crippen MR) is 84.3 cm³/mol. The van der Waals surface area contributed by atoms with Crippen molar-refractivity contribution in [2.24, 2.45) is 5.90 Å². The first kappa shape index (κ1) is 14.8. The molecule has 1 aromatic heterocycles. The van der Waals surface area contributed by atoms with E-state index in [2.05, 4.69) is 14.5 Å². The van der Waals surface area contributed by atoms with Gasteiger partial charge in [-0.1, -0.05) is 47.6 Å². The molecule has 2 aromatic carbocycles. The van der Waals surface area contributed by atoms with Crippen molar-refractivity contribution in [2.45, 2.75) is 11.8 Å². The standard InChI is InChI=1S/C16H14N2O3S/c1-11-15(12-7-9-14(10-8-12)22-21-20-17)16(18-19-11)13-5-3-2-4-6-13/h2-10H,17H2,1H3. The number of nitrogens with two attached hydrogens (primary N) is 1. The van der Waals surface area contributed by atoms with Gasteiger partial charge in [0.05, 0.1) is 17.6 Å². The maximum absolute atomic E-state index is 5.38. The van der Waals surface area contributed by atoms with E-state index in [1.54, 1.807) is 0 Å². The van der Waals surface area contributed by atoms with Crippen LogP contribution in [0, 0.1) is 6.92 Å². The molecule has 1 heterocycles. The van der Waals surface area contributed by atoms with Crippen LogP contribution in [0.5, 0.6) is 0 Å². The second-order valence-electron chi connectivity index (χ2n) is 4.60. The van der Waals surface area contributed by atoms with Crippen LogP contribution in [0.3, 0.4) is 0 Å². The maximum atomic E-state index is 5.38. The lowest BCUT2D eigenvalue weighted by Gasteiger charge is -2.04. The van der Waals surface area contributed by atoms with Gasteiger partial charge < -0.3 is 4.52 Å². The summed E-state index contributed by atoms with van der Waals surface area (Å²) in [6.45, 7) is 1.91. The smallest absolute Gasteiger partial charge is 0.142 e. The Morgan fingerprint density at radius 3 is 2.41 bits per heavy atom. The predicted octanol–water partition coefficient (Wildman–Crippen LogP) is 4.15. The first-order valence-electron chi connectivity index (χ1n) is 6.62. The molecule has 3 aromatic rings. The number of hydrogen-bond donors (Lipinski definition) is 1. The van der Waals surface area contributed by atoms with E-state index in [-0.39, 0.29) is 0 Å². The Balaban J connectivity index is 1.97. The van der Waals surface area contributed by atoms with Gasteiger partial charge in [0.1, 0.15) is 11.5 Å². The highest BCUT2D eigenvalue weighted by Gasteiger charge is 2.16. The molecule has 3 rings (SSSR count). The van der Waals surface area contributed by atoms with Crippen molar-refractivity contribution in [1.82, 2.24) is 5.16 Å². The van der Waals surface area contributed by atoms with Gasteiger partial charge in [0.2, 0.25) is 0 Å². The van der Waals surface area contributed by atoms with Gasteiger partial charge in [-0.3, -0.25) is 0 Å². The summed E-state index contributed by atoms with van der Waals surface area (Å²) in [4.78, 5) is 4.96. The van der Waals surface area contributed by atoms with Crippen LogP contribution in [0.4, 0.5) is 0 Å². The molecule has 0 saturated heterocycles. The van der Waals surface area contributed by atoms with Crippen LogP contribution < -0.4 is 5.90 Å². The van der Waals surface area contributed by atoms with E-state index >= 15 is 0 Å². The lowest BCUT2D eigenvalue weighted by atomic mass is 10.00. The van der Waals surface area contributed by atoms with E-state index in [0.29, 0.717) is 0 Å². The molecule has 0 unspecified atom stereocenters. The van der Waals surface area contributed by atoms with Gasteiger partial charge >= 0.3 is 0 Å². The van der Waals surface area contributed by atoms with Crippen LogP contribution in [0.25, 0.3) is 22.4 Å². The third kappa shape index (κ3) is 3.05. The van der Waals surface area contributed by atoms with E-state index in [9.17, 15) is 0 Å². The van der Waals surface area contributed by atoms with Crippen LogP contribution >= 0.6 is 12.0 Å². The van der Waals surface area contributed by atoms with Gasteiger partial charge in [-0.2, -0.15) is 5.90 Å². The Morgan fingerprint density at radius 1 is 1.00 bits per heavy atom. The molecular weight excluding hydrogens is 300 g/mol. The zero-order valence-electron chi connectivity index (χ0n) is 11.9. The summed E-state index contributed by atoms with van der Waals surface area (Å²) in [5.41, 5.74) is 3.86. The van der Waals surface area contributed by atoms with Crippen LogP contribution in [0.2, 0.25) is 0 Å². The third-order valence-electron chi connectivity index (χ3n) is 3.22. The van der Waals surface area contributed by atoms with Gasteiger partial charge in [0.25, 0.3) is 0 Å². The van der Waals surface area contributed by atoms with Crippen LogP contribution in [-0.4, -0.2) is 5.16 Å². The fourth-order valence-corrected chi connectivity index (χ4v) is 2.61. The topological polar surface area (TPSA) is 70.5 Å². The molecule has 0 atom stereocenters. The van der Waals surface area contributed by atoms with E-state index in [1.165, 1.54) is 0 Å². The molecule has 0 radical (unpaired) electrons. The second kappa shape index (κ2) is 6.76. The molecule has 2 N–H and O–H groups in total.